The Morgan fingerprint density at radius 2 is 1.73 bits per heavy atom. The van der Waals surface area contributed by atoms with Crippen molar-refractivity contribution in [3.63, 3.8) is 0 Å². The fraction of sp³-hybridized carbons (Fsp3) is 0.423. The van der Waals surface area contributed by atoms with Gasteiger partial charge in [0, 0.05) is 6.54 Å². The molecule has 2 aromatic carbocycles. The van der Waals surface area contributed by atoms with Crippen LogP contribution < -0.4 is 10.1 Å². The SMILES string of the molecule is CCn1c(SCC(=O)NC(C)c2ccccc2)nnc1C(C)Oc1ccc(C(C)(C)C)cc1. The summed E-state index contributed by atoms with van der Waals surface area (Å²) >= 11 is 1.39. The monoisotopic (exact) mass is 466 g/mol. The summed E-state index contributed by atoms with van der Waals surface area (Å²) < 4.78 is 8.15. The molecule has 6 nitrogen and oxygen atoms in total. The van der Waals surface area contributed by atoms with Gasteiger partial charge in [-0.3, -0.25) is 4.79 Å². The van der Waals surface area contributed by atoms with Crippen LogP contribution in [-0.2, 0) is 16.8 Å². The first-order valence-electron chi connectivity index (χ1n) is 11.4. The Balaban J connectivity index is 1.60. The Hall–Kier alpha value is -2.80. The van der Waals surface area contributed by atoms with Gasteiger partial charge in [0.1, 0.15) is 5.75 Å². The highest BCUT2D eigenvalue weighted by atomic mass is 32.2. The molecule has 2 unspecified atom stereocenters. The molecular formula is C26H34N4O2S. The molecule has 2 atom stereocenters. The lowest BCUT2D eigenvalue weighted by Crippen LogP contribution is -2.28. The average Bonchev–Trinajstić information content (AvgIpc) is 3.21. The number of ether oxygens (including phenoxy) is 1. The van der Waals surface area contributed by atoms with Gasteiger partial charge in [-0.25, -0.2) is 0 Å². The zero-order valence-corrected chi connectivity index (χ0v) is 21.1. The van der Waals surface area contributed by atoms with Gasteiger partial charge in [-0.1, -0.05) is 75.0 Å². The van der Waals surface area contributed by atoms with Crippen LogP contribution in [0.15, 0.2) is 59.8 Å². The summed E-state index contributed by atoms with van der Waals surface area (Å²) in [6.07, 6.45) is -0.265. The van der Waals surface area contributed by atoms with Gasteiger partial charge in [-0.05, 0) is 49.4 Å². The minimum atomic E-state index is -0.265. The van der Waals surface area contributed by atoms with Crippen LogP contribution in [0.3, 0.4) is 0 Å². The fourth-order valence-corrected chi connectivity index (χ4v) is 4.35. The van der Waals surface area contributed by atoms with Gasteiger partial charge in [0.15, 0.2) is 17.1 Å². The second-order valence-corrected chi connectivity index (χ2v) is 10.1. The third-order valence-electron chi connectivity index (χ3n) is 5.47. The summed E-state index contributed by atoms with van der Waals surface area (Å²) in [7, 11) is 0. The minimum Gasteiger partial charge on any atom is -0.483 e. The number of nitrogens with one attached hydrogen (secondary N) is 1. The predicted octanol–water partition coefficient (Wildman–Crippen LogP) is 5.71. The van der Waals surface area contributed by atoms with Gasteiger partial charge in [0.2, 0.25) is 5.91 Å². The van der Waals surface area contributed by atoms with E-state index in [4.69, 9.17) is 4.74 Å². The summed E-state index contributed by atoms with van der Waals surface area (Å²) in [6.45, 7) is 13.3. The number of thioether (sulfide) groups is 1. The highest BCUT2D eigenvalue weighted by molar-refractivity contribution is 7.99. The molecule has 33 heavy (non-hydrogen) atoms. The van der Waals surface area contributed by atoms with Crippen molar-refractivity contribution in [2.75, 3.05) is 5.75 Å². The van der Waals surface area contributed by atoms with Crippen molar-refractivity contribution in [3.05, 3.63) is 71.5 Å². The molecule has 3 rings (SSSR count). The van der Waals surface area contributed by atoms with E-state index < -0.39 is 0 Å². The van der Waals surface area contributed by atoms with E-state index in [0.29, 0.717) is 11.7 Å². The van der Waals surface area contributed by atoms with Crippen molar-refractivity contribution in [3.8, 4) is 5.75 Å². The van der Waals surface area contributed by atoms with Gasteiger partial charge in [-0.2, -0.15) is 0 Å². The molecule has 1 aromatic heterocycles. The molecule has 0 aliphatic carbocycles. The van der Waals surface area contributed by atoms with Crippen LogP contribution in [0.25, 0.3) is 0 Å². The fourth-order valence-electron chi connectivity index (χ4n) is 3.53. The van der Waals surface area contributed by atoms with Gasteiger partial charge in [0.25, 0.3) is 0 Å². The second-order valence-electron chi connectivity index (χ2n) is 9.11. The summed E-state index contributed by atoms with van der Waals surface area (Å²) in [5.74, 6) is 1.79. The first-order valence-corrected chi connectivity index (χ1v) is 12.3. The van der Waals surface area contributed by atoms with E-state index in [9.17, 15) is 4.79 Å². The summed E-state index contributed by atoms with van der Waals surface area (Å²) in [4.78, 5) is 12.5. The van der Waals surface area contributed by atoms with Gasteiger partial charge in [-0.15, -0.1) is 10.2 Å². The van der Waals surface area contributed by atoms with Crippen molar-refractivity contribution in [2.24, 2.45) is 0 Å². The molecule has 1 N–H and O–H groups in total. The summed E-state index contributed by atoms with van der Waals surface area (Å²) in [5.41, 5.74) is 2.44. The molecule has 176 valence electrons. The third kappa shape index (κ3) is 6.60. The Labute approximate surface area is 201 Å². The molecule has 0 aliphatic heterocycles. The normalized spacial score (nSPS) is 13.4. The summed E-state index contributed by atoms with van der Waals surface area (Å²) in [5, 5.41) is 12.4. The molecule has 7 heteroatoms. The molecular weight excluding hydrogens is 432 g/mol. The van der Waals surface area contributed by atoms with E-state index in [0.717, 1.165) is 17.1 Å². The molecule has 3 aromatic rings. The lowest BCUT2D eigenvalue weighted by molar-refractivity contribution is -0.119. The molecule has 1 amide bonds. The molecule has 0 spiro atoms. The van der Waals surface area contributed by atoms with Crippen LogP contribution in [0.2, 0.25) is 0 Å². The van der Waals surface area contributed by atoms with E-state index in [1.54, 1.807) is 0 Å². The smallest absolute Gasteiger partial charge is 0.230 e. The van der Waals surface area contributed by atoms with Crippen LogP contribution in [0, 0.1) is 0 Å². The quantitative estimate of drug-likeness (QED) is 0.409. The zero-order valence-electron chi connectivity index (χ0n) is 20.3. The highest BCUT2D eigenvalue weighted by Crippen LogP contribution is 2.28. The topological polar surface area (TPSA) is 69.0 Å². The van der Waals surface area contributed by atoms with Crippen molar-refractivity contribution in [1.29, 1.82) is 0 Å². The Morgan fingerprint density at radius 1 is 1.06 bits per heavy atom. The van der Waals surface area contributed by atoms with Crippen LogP contribution in [0.5, 0.6) is 5.75 Å². The van der Waals surface area contributed by atoms with E-state index in [1.807, 2.05) is 67.8 Å². The number of aromatic nitrogens is 3. The lowest BCUT2D eigenvalue weighted by atomic mass is 9.87. The Kier molecular flexibility index (Phi) is 8.19. The van der Waals surface area contributed by atoms with Gasteiger partial charge in [0.05, 0.1) is 11.8 Å². The maximum Gasteiger partial charge on any atom is 0.230 e. The largest absolute Gasteiger partial charge is 0.483 e. The standard InChI is InChI=1S/C26H34N4O2S/c1-7-30-24(19(3)32-22-15-13-21(14-16-22)26(4,5)6)28-29-25(30)33-17-23(31)27-18(2)20-11-9-8-10-12-20/h8-16,18-19H,7,17H2,1-6H3,(H,27,31). The number of carbonyl (C=O) groups excluding carboxylic acids is 1. The number of hydrogen-bond donors (Lipinski definition) is 1. The first-order chi connectivity index (χ1) is 15.7. The van der Waals surface area contributed by atoms with Gasteiger partial charge >= 0.3 is 0 Å². The van der Waals surface area contributed by atoms with Crippen molar-refractivity contribution < 1.29 is 9.53 Å². The Bertz CT molecular complexity index is 1040. The maximum atomic E-state index is 12.5. The van der Waals surface area contributed by atoms with Crippen LogP contribution in [-0.4, -0.2) is 26.4 Å². The van der Waals surface area contributed by atoms with Crippen molar-refractivity contribution in [2.45, 2.75) is 70.8 Å². The number of carbonyl (C=O) groups is 1. The van der Waals surface area contributed by atoms with E-state index in [1.165, 1.54) is 17.3 Å². The molecule has 0 bridgehead atoms. The number of nitrogens with zero attached hydrogens (tertiary/aromatic N) is 3. The van der Waals surface area contributed by atoms with Crippen LogP contribution in [0.1, 0.15) is 70.6 Å². The highest BCUT2D eigenvalue weighted by Gasteiger charge is 2.20. The molecule has 0 aliphatic rings. The molecule has 0 fully saturated rings. The number of rotatable bonds is 9. The number of amides is 1. The molecule has 1 heterocycles. The maximum absolute atomic E-state index is 12.5. The van der Waals surface area contributed by atoms with Crippen molar-refractivity contribution in [1.82, 2.24) is 20.1 Å². The third-order valence-corrected chi connectivity index (χ3v) is 6.43. The molecule has 0 radical (unpaired) electrons. The zero-order chi connectivity index (χ0) is 24.0. The Morgan fingerprint density at radius 3 is 2.33 bits per heavy atom. The van der Waals surface area contributed by atoms with Crippen molar-refractivity contribution >= 4 is 17.7 Å². The van der Waals surface area contributed by atoms with E-state index in [2.05, 4.69) is 48.4 Å². The minimum absolute atomic E-state index is 0.0354. The first kappa shape index (κ1) is 24.8. The van der Waals surface area contributed by atoms with Crippen LogP contribution >= 0.6 is 11.8 Å². The lowest BCUT2D eigenvalue weighted by Gasteiger charge is -2.20. The van der Waals surface area contributed by atoms with E-state index >= 15 is 0 Å². The molecule has 0 saturated carbocycles. The number of hydrogen-bond acceptors (Lipinski definition) is 5. The predicted molar refractivity (Wildman–Crippen MR) is 134 cm³/mol. The van der Waals surface area contributed by atoms with E-state index in [-0.39, 0.29) is 29.2 Å². The van der Waals surface area contributed by atoms with Gasteiger partial charge < -0.3 is 14.6 Å². The average molecular weight is 467 g/mol. The second kappa shape index (κ2) is 10.9. The van der Waals surface area contributed by atoms with Crippen LogP contribution in [0.4, 0.5) is 0 Å². The summed E-state index contributed by atoms with van der Waals surface area (Å²) in [6, 6.07) is 18.1. The number of benzene rings is 2. The molecule has 0 saturated heterocycles.